The molecular weight excluding hydrogens is 182 g/mol. The van der Waals surface area contributed by atoms with Crippen molar-refractivity contribution in [3.8, 4) is 0 Å². The molecule has 0 radical (unpaired) electrons. The maximum absolute atomic E-state index is 3.25. The average Bonchev–Trinajstić information content (AvgIpc) is 2.28. The molecule has 0 aliphatic carbocycles. The summed E-state index contributed by atoms with van der Waals surface area (Å²) in [5.41, 5.74) is 3.08. The van der Waals surface area contributed by atoms with Gasteiger partial charge in [-0.3, -0.25) is 0 Å². The Balaban J connectivity index is 2.90. The first-order valence-electron chi connectivity index (χ1n) is 5.79. The van der Waals surface area contributed by atoms with Gasteiger partial charge in [0.2, 0.25) is 0 Å². The third-order valence-electron chi connectivity index (χ3n) is 3.51. The second kappa shape index (κ2) is 4.80. The fraction of sp³-hybridized carbons (Fsp3) is 0.571. The highest BCUT2D eigenvalue weighted by Crippen LogP contribution is 2.27. The minimum atomic E-state index is 0.293. The lowest BCUT2D eigenvalue weighted by Gasteiger charge is -2.24. The highest BCUT2D eigenvalue weighted by molar-refractivity contribution is 5.29. The zero-order chi connectivity index (χ0) is 11.5. The molecule has 1 atom stereocenters. The third-order valence-corrected chi connectivity index (χ3v) is 3.51. The van der Waals surface area contributed by atoms with Crippen LogP contribution >= 0.6 is 0 Å². The van der Waals surface area contributed by atoms with Crippen LogP contribution in [0.25, 0.3) is 0 Å². The maximum atomic E-state index is 3.25. The normalized spacial score (nSPS) is 13.9. The first-order chi connectivity index (χ1) is 7.01. The molecule has 1 rings (SSSR count). The summed E-state index contributed by atoms with van der Waals surface area (Å²) in [5, 5.41) is 3.25. The van der Waals surface area contributed by atoms with E-state index in [0.717, 1.165) is 0 Å². The predicted octanol–water partition coefficient (Wildman–Crippen LogP) is 3.65. The van der Waals surface area contributed by atoms with Crippen LogP contribution in [0.3, 0.4) is 0 Å². The fourth-order valence-corrected chi connectivity index (χ4v) is 1.59. The molecular formula is C14H23N. The van der Waals surface area contributed by atoms with Crippen LogP contribution in [0.1, 0.15) is 51.3 Å². The van der Waals surface area contributed by atoms with E-state index < -0.39 is 0 Å². The molecule has 0 heterocycles. The highest BCUT2D eigenvalue weighted by Gasteiger charge is 2.17. The molecule has 0 saturated carbocycles. The molecule has 15 heavy (non-hydrogen) atoms. The van der Waals surface area contributed by atoms with Crippen LogP contribution in [-0.4, -0.2) is 7.05 Å². The smallest absolute Gasteiger partial charge is 0.0289 e. The van der Waals surface area contributed by atoms with Crippen LogP contribution in [-0.2, 0) is 5.41 Å². The summed E-state index contributed by atoms with van der Waals surface area (Å²) in [7, 11) is 1.99. The number of hydrogen-bond donors (Lipinski definition) is 1. The van der Waals surface area contributed by atoms with Gasteiger partial charge >= 0.3 is 0 Å². The van der Waals surface area contributed by atoms with Gasteiger partial charge in [-0.1, -0.05) is 45.0 Å². The van der Waals surface area contributed by atoms with E-state index in [2.05, 4.69) is 57.3 Å². The van der Waals surface area contributed by atoms with Crippen LogP contribution in [0.15, 0.2) is 24.3 Å². The summed E-state index contributed by atoms with van der Waals surface area (Å²) in [6.07, 6.45) is 1.17. The Morgan fingerprint density at radius 1 is 1.20 bits per heavy atom. The van der Waals surface area contributed by atoms with E-state index in [1.807, 2.05) is 7.05 Å². The van der Waals surface area contributed by atoms with Crippen LogP contribution in [0.4, 0.5) is 0 Å². The second-order valence-corrected chi connectivity index (χ2v) is 4.87. The van der Waals surface area contributed by atoms with Crippen molar-refractivity contribution in [2.24, 2.45) is 0 Å². The standard InChI is InChI=1S/C14H23N/c1-6-14(3,4)13-9-7-12(8-10-13)11(2)15-5/h7-11,15H,6H2,1-5H3. The van der Waals surface area contributed by atoms with Gasteiger partial charge in [0.05, 0.1) is 0 Å². The molecule has 0 amide bonds. The summed E-state index contributed by atoms with van der Waals surface area (Å²) < 4.78 is 0. The lowest BCUT2D eigenvalue weighted by Crippen LogP contribution is -2.16. The summed E-state index contributed by atoms with van der Waals surface area (Å²) in [5.74, 6) is 0. The fourth-order valence-electron chi connectivity index (χ4n) is 1.59. The van der Waals surface area contributed by atoms with Gasteiger partial charge in [0.15, 0.2) is 0 Å². The van der Waals surface area contributed by atoms with Gasteiger partial charge in [-0.25, -0.2) is 0 Å². The van der Waals surface area contributed by atoms with Crippen molar-refractivity contribution in [2.45, 2.75) is 45.6 Å². The first-order valence-corrected chi connectivity index (χ1v) is 5.79. The van der Waals surface area contributed by atoms with Gasteiger partial charge in [0.25, 0.3) is 0 Å². The Morgan fingerprint density at radius 3 is 2.13 bits per heavy atom. The Labute approximate surface area is 93.9 Å². The monoisotopic (exact) mass is 205 g/mol. The molecule has 1 unspecified atom stereocenters. The number of rotatable bonds is 4. The molecule has 1 nitrogen and oxygen atoms in total. The Hall–Kier alpha value is -0.820. The third kappa shape index (κ3) is 2.82. The zero-order valence-electron chi connectivity index (χ0n) is 10.6. The van der Waals surface area contributed by atoms with Gasteiger partial charge in [0.1, 0.15) is 0 Å². The van der Waals surface area contributed by atoms with Crippen molar-refractivity contribution >= 4 is 0 Å². The minimum absolute atomic E-state index is 0.293. The first kappa shape index (κ1) is 12.3. The van der Waals surface area contributed by atoms with Crippen molar-refractivity contribution in [3.63, 3.8) is 0 Å². The largest absolute Gasteiger partial charge is 0.313 e. The summed E-state index contributed by atoms with van der Waals surface area (Å²) in [4.78, 5) is 0. The number of benzene rings is 1. The second-order valence-electron chi connectivity index (χ2n) is 4.87. The van der Waals surface area contributed by atoms with E-state index in [4.69, 9.17) is 0 Å². The maximum Gasteiger partial charge on any atom is 0.0289 e. The van der Waals surface area contributed by atoms with Crippen molar-refractivity contribution < 1.29 is 0 Å². The van der Waals surface area contributed by atoms with Crippen molar-refractivity contribution in [1.29, 1.82) is 0 Å². The molecule has 0 aliphatic heterocycles. The lowest BCUT2D eigenvalue weighted by atomic mass is 9.82. The molecule has 1 aromatic carbocycles. The summed E-state index contributed by atoms with van der Waals surface area (Å²) in [6.45, 7) is 9.01. The topological polar surface area (TPSA) is 12.0 Å². The van der Waals surface area contributed by atoms with Gasteiger partial charge in [-0.05, 0) is 36.9 Å². The van der Waals surface area contributed by atoms with Crippen LogP contribution in [0.5, 0.6) is 0 Å². The molecule has 0 aromatic heterocycles. The van der Waals surface area contributed by atoms with Crippen molar-refractivity contribution in [1.82, 2.24) is 5.32 Å². The zero-order valence-corrected chi connectivity index (χ0v) is 10.6. The van der Waals surface area contributed by atoms with Crippen LogP contribution in [0, 0.1) is 0 Å². The molecule has 0 spiro atoms. The molecule has 0 aliphatic rings. The molecule has 0 saturated heterocycles. The van der Waals surface area contributed by atoms with E-state index in [9.17, 15) is 0 Å². The molecule has 0 fully saturated rings. The average molecular weight is 205 g/mol. The van der Waals surface area contributed by atoms with Crippen molar-refractivity contribution in [3.05, 3.63) is 35.4 Å². The molecule has 1 heteroatoms. The minimum Gasteiger partial charge on any atom is -0.313 e. The van der Waals surface area contributed by atoms with Gasteiger partial charge in [-0.2, -0.15) is 0 Å². The van der Waals surface area contributed by atoms with Crippen molar-refractivity contribution in [2.75, 3.05) is 7.05 Å². The molecule has 84 valence electrons. The van der Waals surface area contributed by atoms with E-state index in [1.165, 1.54) is 17.5 Å². The van der Waals surface area contributed by atoms with Crippen LogP contribution in [0.2, 0.25) is 0 Å². The van der Waals surface area contributed by atoms with E-state index in [0.29, 0.717) is 11.5 Å². The van der Waals surface area contributed by atoms with E-state index in [-0.39, 0.29) is 0 Å². The Bertz CT molecular complexity index is 298. The quantitative estimate of drug-likeness (QED) is 0.791. The highest BCUT2D eigenvalue weighted by atomic mass is 14.8. The Morgan fingerprint density at radius 2 is 1.73 bits per heavy atom. The van der Waals surface area contributed by atoms with Gasteiger partial charge in [-0.15, -0.1) is 0 Å². The lowest BCUT2D eigenvalue weighted by molar-refractivity contribution is 0.505. The SMILES string of the molecule is CCC(C)(C)c1ccc(C(C)NC)cc1. The molecule has 0 bridgehead atoms. The summed E-state index contributed by atoms with van der Waals surface area (Å²) in [6, 6.07) is 9.41. The van der Waals surface area contributed by atoms with E-state index in [1.54, 1.807) is 0 Å². The molecule has 1 aromatic rings. The van der Waals surface area contributed by atoms with Gasteiger partial charge < -0.3 is 5.32 Å². The van der Waals surface area contributed by atoms with E-state index >= 15 is 0 Å². The number of nitrogens with one attached hydrogen (secondary N) is 1. The Kier molecular flexibility index (Phi) is 3.92. The van der Waals surface area contributed by atoms with Gasteiger partial charge in [0, 0.05) is 6.04 Å². The predicted molar refractivity (Wildman–Crippen MR) is 67.2 cm³/mol. The molecule has 1 N–H and O–H groups in total. The summed E-state index contributed by atoms with van der Waals surface area (Å²) >= 11 is 0. The van der Waals surface area contributed by atoms with Crippen LogP contribution < -0.4 is 5.32 Å². The number of hydrogen-bond acceptors (Lipinski definition) is 1.